The van der Waals surface area contributed by atoms with Gasteiger partial charge in [0.25, 0.3) is 0 Å². The molecule has 0 aromatic heterocycles. The Morgan fingerprint density at radius 2 is 1.77 bits per heavy atom. The molecule has 0 spiro atoms. The second-order valence-electron chi connectivity index (χ2n) is 9.20. The van der Waals surface area contributed by atoms with E-state index in [1.807, 2.05) is 0 Å². The number of fused-ring (bicyclic) bond motifs is 5. The normalized spacial score (nSPS) is 57.9. The lowest BCUT2D eigenvalue weighted by Gasteiger charge is -2.59. The molecule has 0 aromatic carbocycles. The molecule has 0 unspecified atom stereocenters. The van der Waals surface area contributed by atoms with Crippen LogP contribution in [0.2, 0.25) is 0 Å². The Bertz CT molecular complexity index is 489. The van der Waals surface area contributed by atoms with Crippen LogP contribution >= 0.6 is 0 Å². The fourth-order valence-corrected chi connectivity index (χ4v) is 7.03. The summed E-state index contributed by atoms with van der Waals surface area (Å²) in [7, 11) is 0. The van der Waals surface area contributed by atoms with Gasteiger partial charge in [-0.2, -0.15) is 0 Å². The van der Waals surface area contributed by atoms with Crippen LogP contribution in [0.25, 0.3) is 0 Å². The van der Waals surface area contributed by atoms with Crippen LogP contribution in [0.5, 0.6) is 0 Å². The van der Waals surface area contributed by atoms with E-state index in [2.05, 4.69) is 13.8 Å². The number of hydrogen-bond donors (Lipinski definition) is 2. The summed E-state index contributed by atoms with van der Waals surface area (Å²) in [6.07, 6.45) is 7.11. The molecule has 124 valence electrons. The zero-order chi connectivity index (χ0) is 15.7. The lowest BCUT2D eigenvalue weighted by atomic mass is 9.45. The smallest absolute Gasteiger partial charge is 0.137 e. The van der Waals surface area contributed by atoms with Crippen molar-refractivity contribution in [2.45, 2.75) is 77.4 Å². The Hall–Kier alpha value is -0.410. The lowest BCUT2D eigenvalue weighted by Crippen LogP contribution is -2.58. The van der Waals surface area contributed by atoms with Gasteiger partial charge in [-0.05, 0) is 68.1 Å². The van der Waals surface area contributed by atoms with Crippen LogP contribution in [0.3, 0.4) is 0 Å². The molecule has 0 radical (unpaired) electrons. The van der Waals surface area contributed by atoms with Crippen LogP contribution in [-0.2, 0) is 4.79 Å². The minimum Gasteiger partial charge on any atom is -0.393 e. The van der Waals surface area contributed by atoms with Crippen LogP contribution < -0.4 is 0 Å². The van der Waals surface area contributed by atoms with Gasteiger partial charge in [0.2, 0.25) is 0 Å². The van der Waals surface area contributed by atoms with Gasteiger partial charge in [-0.15, -0.1) is 0 Å². The first kappa shape index (κ1) is 15.1. The number of hydrogen-bond acceptors (Lipinski definition) is 3. The van der Waals surface area contributed by atoms with E-state index in [1.54, 1.807) is 0 Å². The summed E-state index contributed by atoms with van der Waals surface area (Å²) in [4.78, 5) is 13.1. The lowest BCUT2D eigenvalue weighted by molar-refractivity contribution is -0.164. The zero-order valence-corrected chi connectivity index (χ0v) is 13.9. The summed E-state index contributed by atoms with van der Waals surface area (Å²) in [6, 6.07) is 0. The van der Waals surface area contributed by atoms with Gasteiger partial charge >= 0.3 is 0 Å². The van der Waals surface area contributed by atoms with Crippen LogP contribution in [0.15, 0.2) is 0 Å². The molecule has 0 heterocycles. The van der Waals surface area contributed by atoms with E-state index in [0.29, 0.717) is 30.0 Å². The summed E-state index contributed by atoms with van der Waals surface area (Å²) >= 11 is 0. The predicted octanol–water partition coefficient (Wildman–Crippen LogP) is 2.93. The molecular formula is C19H30O3. The number of carbonyl (C=O) groups excluding carboxylic acids is 1. The highest BCUT2D eigenvalue weighted by Gasteiger charge is 2.63. The molecule has 3 nitrogen and oxygen atoms in total. The summed E-state index contributed by atoms with van der Waals surface area (Å²) < 4.78 is 0. The number of ketones is 1. The minimum atomic E-state index is -0.291. The molecule has 22 heavy (non-hydrogen) atoms. The first-order valence-electron chi connectivity index (χ1n) is 9.25. The third-order valence-electron chi connectivity index (χ3n) is 8.27. The van der Waals surface area contributed by atoms with Gasteiger partial charge in [0.1, 0.15) is 5.78 Å². The number of carbonyl (C=O) groups is 1. The van der Waals surface area contributed by atoms with Gasteiger partial charge in [0.05, 0.1) is 12.2 Å². The third kappa shape index (κ3) is 1.84. The summed E-state index contributed by atoms with van der Waals surface area (Å²) in [5, 5.41) is 20.5. The maximum Gasteiger partial charge on any atom is 0.137 e. The van der Waals surface area contributed by atoms with Crippen LogP contribution in [-0.4, -0.2) is 28.2 Å². The van der Waals surface area contributed by atoms with Crippen molar-refractivity contribution >= 4 is 5.78 Å². The van der Waals surface area contributed by atoms with Crippen molar-refractivity contribution < 1.29 is 15.0 Å². The van der Waals surface area contributed by atoms with Crippen LogP contribution in [0.4, 0.5) is 0 Å². The Kier molecular flexibility index (Phi) is 3.30. The highest BCUT2D eigenvalue weighted by molar-refractivity contribution is 5.84. The number of aliphatic hydroxyl groups excluding tert-OH is 2. The molecule has 4 saturated carbocycles. The Labute approximate surface area is 133 Å². The second kappa shape index (κ2) is 4.80. The number of aliphatic hydroxyl groups is 2. The molecule has 3 heteroatoms. The van der Waals surface area contributed by atoms with E-state index in [-0.39, 0.29) is 29.0 Å². The van der Waals surface area contributed by atoms with Gasteiger partial charge in [-0.3, -0.25) is 4.79 Å². The van der Waals surface area contributed by atoms with Gasteiger partial charge in [-0.25, -0.2) is 0 Å². The van der Waals surface area contributed by atoms with Crippen molar-refractivity contribution in [3.8, 4) is 0 Å². The molecule has 8 atom stereocenters. The molecule has 0 aliphatic heterocycles. The fourth-order valence-electron chi connectivity index (χ4n) is 7.03. The summed E-state index contributed by atoms with van der Waals surface area (Å²) in [5.74, 6) is 2.10. The van der Waals surface area contributed by atoms with Crippen molar-refractivity contribution in [2.75, 3.05) is 0 Å². The SMILES string of the molecule is C[C@]12CC[C@@H](O)C[C@@H]1CC[C@H]1[C@H]3CC[C@H](O)[C@]3(C)CC(=O)[C@@H]12. The highest BCUT2D eigenvalue weighted by Crippen LogP contribution is 2.65. The minimum absolute atomic E-state index is 0.0914. The molecular weight excluding hydrogens is 276 g/mol. The van der Waals surface area contributed by atoms with E-state index in [4.69, 9.17) is 0 Å². The Morgan fingerprint density at radius 1 is 1.00 bits per heavy atom. The largest absolute Gasteiger partial charge is 0.393 e. The first-order chi connectivity index (χ1) is 10.4. The molecule has 0 amide bonds. The van der Waals surface area contributed by atoms with Gasteiger partial charge < -0.3 is 10.2 Å². The third-order valence-corrected chi connectivity index (χ3v) is 8.27. The molecule has 0 bridgehead atoms. The average Bonchev–Trinajstić information content (AvgIpc) is 2.75. The van der Waals surface area contributed by atoms with E-state index in [0.717, 1.165) is 44.9 Å². The molecule has 0 aromatic rings. The summed E-state index contributed by atoms with van der Waals surface area (Å²) in [5.41, 5.74) is -0.0796. The zero-order valence-electron chi connectivity index (χ0n) is 13.9. The molecule has 4 rings (SSSR count). The van der Waals surface area contributed by atoms with Gasteiger partial charge in [-0.1, -0.05) is 13.8 Å². The Morgan fingerprint density at radius 3 is 2.55 bits per heavy atom. The van der Waals surface area contributed by atoms with E-state index in [1.165, 1.54) is 0 Å². The number of Topliss-reactive ketones (excluding diaryl/α,β-unsaturated/α-hetero) is 1. The monoisotopic (exact) mass is 306 g/mol. The first-order valence-corrected chi connectivity index (χ1v) is 9.25. The maximum absolute atomic E-state index is 13.1. The van der Waals surface area contributed by atoms with Gasteiger partial charge in [0, 0.05) is 17.8 Å². The van der Waals surface area contributed by atoms with E-state index in [9.17, 15) is 15.0 Å². The van der Waals surface area contributed by atoms with E-state index >= 15 is 0 Å². The summed E-state index contributed by atoms with van der Waals surface area (Å²) in [6.45, 7) is 4.48. The molecule has 4 aliphatic rings. The molecule has 4 aliphatic carbocycles. The topological polar surface area (TPSA) is 57.5 Å². The van der Waals surface area contributed by atoms with Crippen LogP contribution in [0.1, 0.15) is 65.2 Å². The Balaban J connectivity index is 1.69. The quantitative estimate of drug-likeness (QED) is 0.723. The van der Waals surface area contributed by atoms with E-state index < -0.39 is 0 Å². The van der Waals surface area contributed by atoms with Crippen LogP contribution in [0, 0.1) is 34.5 Å². The average molecular weight is 306 g/mol. The van der Waals surface area contributed by atoms with Crippen molar-refractivity contribution in [3.05, 3.63) is 0 Å². The van der Waals surface area contributed by atoms with Crippen molar-refractivity contribution in [2.24, 2.45) is 34.5 Å². The molecule has 2 N–H and O–H groups in total. The molecule has 4 fully saturated rings. The maximum atomic E-state index is 13.1. The standard InChI is InChI=1S/C19H30O3/c1-18-8-7-12(20)9-11(18)3-4-13-14-5-6-16(22)19(14,2)10-15(21)17(13)18/h11-14,16-17,20,22H,3-10H2,1-2H3/t11-,12+,13-,14+,16-,17+,18-,19+/m0/s1. The van der Waals surface area contributed by atoms with Crippen molar-refractivity contribution in [3.63, 3.8) is 0 Å². The fraction of sp³-hybridized carbons (Fsp3) is 0.947. The van der Waals surface area contributed by atoms with Crippen molar-refractivity contribution in [1.82, 2.24) is 0 Å². The van der Waals surface area contributed by atoms with Gasteiger partial charge in [0.15, 0.2) is 0 Å². The number of rotatable bonds is 0. The predicted molar refractivity (Wildman–Crippen MR) is 84.1 cm³/mol. The highest BCUT2D eigenvalue weighted by atomic mass is 16.3. The second-order valence-corrected chi connectivity index (χ2v) is 9.20. The molecule has 0 saturated heterocycles. The van der Waals surface area contributed by atoms with Crippen molar-refractivity contribution in [1.29, 1.82) is 0 Å².